The number of anilines is 1. The number of amides is 2. The molecule has 0 radical (unpaired) electrons. The molecule has 156 valence electrons. The third-order valence-electron chi connectivity index (χ3n) is 5.16. The first-order valence-corrected chi connectivity index (χ1v) is 10.1. The molecule has 2 N–H and O–H groups in total. The number of likely N-dealkylation sites (tertiary alicyclic amines) is 1. The standard InChI is InChI=1S/C21H33N3O4/c1-4-28-15-7-12-22-21(26)17-10-13-24(14-11-17)16(2)20(25)23-18-8-5-6-9-19(18)27-3/h5-6,8-9,16-17H,4,7,10-15H2,1-3H3,(H,22,26)(H,23,25). The molecule has 0 aromatic heterocycles. The van der Waals surface area contributed by atoms with Crippen molar-refractivity contribution in [2.75, 3.05) is 45.3 Å². The number of methoxy groups -OCH3 is 1. The molecule has 7 nitrogen and oxygen atoms in total. The van der Waals surface area contributed by atoms with Crippen molar-refractivity contribution in [2.45, 2.75) is 39.2 Å². The molecule has 1 aliphatic rings. The van der Waals surface area contributed by atoms with Crippen molar-refractivity contribution < 1.29 is 19.1 Å². The molecule has 7 heteroatoms. The lowest BCUT2D eigenvalue weighted by Crippen LogP contribution is -2.48. The summed E-state index contributed by atoms with van der Waals surface area (Å²) in [5.41, 5.74) is 0.670. The number of hydrogen-bond donors (Lipinski definition) is 2. The highest BCUT2D eigenvalue weighted by Crippen LogP contribution is 2.24. The minimum absolute atomic E-state index is 0.0211. The third kappa shape index (κ3) is 6.49. The molecule has 1 aliphatic heterocycles. The van der Waals surface area contributed by atoms with Crippen molar-refractivity contribution in [3.05, 3.63) is 24.3 Å². The van der Waals surface area contributed by atoms with Crippen molar-refractivity contribution in [2.24, 2.45) is 5.92 Å². The summed E-state index contributed by atoms with van der Waals surface area (Å²) in [4.78, 5) is 27.0. The van der Waals surface area contributed by atoms with Crippen LogP contribution in [0.25, 0.3) is 0 Å². The molecule has 2 amide bonds. The van der Waals surface area contributed by atoms with Crippen molar-refractivity contribution >= 4 is 17.5 Å². The maximum atomic E-state index is 12.6. The average molecular weight is 392 g/mol. The lowest BCUT2D eigenvalue weighted by molar-refractivity contribution is -0.127. The van der Waals surface area contributed by atoms with Gasteiger partial charge in [-0.2, -0.15) is 0 Å². The van der Waals surface area contributed by atoms with Crippen molar-refractivity contribution in [3.63, 3.8) is 0 Å². The van der Waals surface area contributed by atoms with E-state index in [1.54, 1.807) is 7.11 Å². The van der Waals surface area contributed by atoms with Crippen LogP contribution in [0.5, 0.6) is 5.75 Å². The molecule has 1 fully saturated rings. The van der Waals surface area contributed by atoms with Gasteiger partial charge >= 0.3 is 0 Å². The van der Waals surface area contributed by atoms with E-state index in [0.29, 0.717) is 31.2 Å². The number of para-hydroxylation sites is 2. The van der Waals surface area contributed by atoms with Crippen LogP contribution in [0.4, 0.5) is 5.69 Å². The normalized spacial score (nSPS) is 16.4. The molecule has 0 spiro atoms. The topological polar surface area (TPSA) is 79.9 Å². The highest BCUT2D eigenvalue weighted by molar-refractivity contribution is 5.95. The Bertz CT molecular complexity index is 630. The number of ether oxygens (including phenoxy) is 2. The van der Waals surface area contributed by atoms with Crippen LogP contribution in [0.3, 0.4) is 0 Å². The minimum Gasteiger partial charge on any atom is -0.495 e. The van der Waals surface area contributed by atoms with E-state index < -0.39 is 0 Å². The second kappa shape index (κ2) is 11.7. The van der Waals surface area contributed by atoms with E-state index in [1.807, 2.05) is 38.1 Å². The smallest absolute Gasteiger partial charge is 0.241 e. The molecule has 1 atom stereocenters. The summed E-state index contributed by atoms with van der Waals surface area (Å²) in [5, 5.41) is 5.93. The molecule has 0 bridgehead atoms. The fraction of sp³-hybridized carbons (Fsp3) is 0.619. The predicted octanol–water partition coefficient (Wildman–Crippen LogP) is 2.28. The fourth-order valence-electron chi connectivity index (χ4n) is 3.37. The van der Waals surface area contributed by atoms with Crippen LogP contribution in [-0.2, 0) is 14.3 Å². The second-order valence-corrected chi connectivity index (χ2v) is 7.02. The van der Waals surface area contributed by atoms with Crippen molar-refractivity contribution in [1.82, 2.24) is 10.2 Å². The van der Waals surface area contributed by atoms with Gasteiger partial charge in [-0.05, 0) is 58.3 Å². The number of rotatable bonds is 10. The minimum atomic E-state index is -0.264. The van der Waals surface area contributed by atoms with Gasteiger partial charge in [-0.25, -0.2) is 0 Å². The Morgan fingerprint density at radius 3 is 2.64 bits per heavy atom. The third-order valence-corrected chi connectivity index (χ3v) is 5.16. The summed E-state index contributed by atoms with van der Waals surface area (Å²) in [5.74, 6) is 0.709. The maximum Gasteiger partial charge on any atom is 0.241 e. The molecule has 0 aliphatic carbocycles. The molecule has 1 heterocycles. The SMILES string of the molecule is CCOCCCNC(=O)C1CCN(C(C)C(=O)Nc2ccccc2OC)CC1. The van der Waals surface area contributed by atoms with Crippen molar-refractivity contribution in [3.8, 4) is 5.75 Å². The van der Waals surface area contributed by atoms with E-state index in [1.165, 1.54) is 0 Å². The Hall–Kier alpha value is -2.12. The Labute approximate surface area is 167 Å². The van der Waals surface area contributed by atoms with Gasteiger partial charge in [0.1, 0.15) is 5.75 Å². The lowest BCUT2D eigenvalue weighted by atomic mass is 9.95. The number of nitrogens with one attached hydrogen (secondary N) is 2. The highest BCUT2D eigenvalue weighted by atomic mass is 16.5. The van der Waals surface area contributed by atoms with Gasteiger partial charge in [0.05, 0.1) is 18.8 Å². The number of carbonyl (C=O) groups excluding carboxylic acids is 2. The van der Waals surface area contributed by atoms with E-state index in [4.69, 9.17) is 9.47 Å². The van der Waals surface area contributed by atoms with Crippen LogP contribution in [0.2, 0.25) is 0 Å². The first-order chi connectivity index (χ1) is 13.6. The summed E-state index contributed by atoms with van der Waals surface area (Å²) in [7, 11) is 1.58. The van der Waals surface area contributed by atoms with Gasteiger partial charge in [0.25, 0.3) is 0 Å². The Morgan fingerprint density at radius 2 is 1.96 bits per heavy atom. The van der Waals surface area contributed by atoms with Gasteiger partial charge in [0.15, 0.2) is 0 Å². The Morgan fingerprint density at radius 1 is 1.25 bits per heavy atom. The lowest BCUT2D eigenvalue weighted by Gasteiger charge is -2.34. The van der Waals surface area contributed by atoms with Gasteiger partial charge in [-0.3, -0.25) is 14.5 Å². The summed E-state index contributed by atoms with van der Waals surface area (Å²) in [6.45, 7) is 7.36. The number of hydrogen-bond acceptors (Lipinski definition) is 5. The molecular formula is C21H33N3O4. The quantitative estimate of drug-likeness (QED) is 0.598. The summed E-state index contributed by atoms with van der Waals surface area (Å²) >= 11 is 0. The van der Waals surface area contributed by atoms with E-state index in [0.717, 1.165) is 32.4 Å². The van der Waals surface area contributed by atoms with Gasteiger partial charge in [0.2, 0.25) is 11.8 Å². The second-order valence-electron chi connectivity index (χ2n) is 7.02. The largest absolute Gasteiger partial charge is 0.495 e. The van der Waals surface area contributed by atoms with Crippen LogP contribution in [0.1, 0.15) is 33.1 Å². The number of benzene rings is 1. The van der Waals surface area contributed by atoms with Gasteiger partial charge in [-0.1, -0.05) is 12.1 Å². The first-order valence-electron chi connectivity index (χ1n) is 10.1. The van der Waals surface area contributed by atoms with Crippen molar-refractivity contribution in [1.29, 1.82) is 0 Å². The van der Waals surface area contributed by atoms with Crippen LogP contribution >= 0.6 is 0 Å². The first kappa shape index (κ1) is 22.2. The maximum absolute atomic E-state index is 12.6. The van der Waals surface area contributed by atoms with E-state index >= 15 is 0 Å². The fourth-order valence-corrected chi connectivity index (χ4v) is 3.37. The summed E-state index contributed by atoms with van der Waals surface area (Å²) in [6, 6.07) is 7.11. The number of carbonyl (C=O) groups is 2. The monoisotopic (exact) mass is 391 g/mol. The molecule has 2 rings (SSSR count). The van der Waals surface area contributed by atoms with Gasteiger partial charge in [-0.15, -0.1) is 0 Å². The zero-order chi connectivity index (χ0) is 20.4. The number of nitrogens with zero attached hydrogens (tertiary/aromatic N) is 1. The molecule has 1 aromatic rings. The molecule has 1 unspecified atom stereocenters. The van der Waals surface area contributed by atoms with E-state index in [2.05, 4.69) is 15.5 Å². The summed E-state index contributed by atoms with van der Waals surface area (Å²) < 4.78 is 10.6. The van der Waals surface area contributed by atoms with Crippen LogP contribution in [-0.4, -0.2) is 62.7 Å². The molecule has 1 saturated heterocycles. The zero-order valence-corrected chi connectivity index (χ0v) is 17.2. The van der Waals surface area contributed by atoms with Crippen LogP contribution in [0.15, 0.2) is 24.3 Å². The average Bonchev–Trinajstić information content (AvgIpc) is 2.73. The summed E-state index contributed by atoms with van der Waals surface area (Å²) in [6.07, 6.45) is 2.37. The number of piperidine rings is 1. The molecule has 28 heavy (non-hydrogen) atoms. The van der Waals surface area contributed by atoms with Crippen LogP contribution < -0.4 is 15.4 Å². The van der Waals surface area contributed by atoms with E-state index in [-0.39, 0.29) is 23.8 Å². The zero-order valence-electron chi connectivity index (χ0n) is 17.2. The molecule has 0 saturated carbocycles. The Kier molecular flexibility index (Phi) is 9.23. The molecular weight excluding hydrogens is 358 g/mol. The van der Waals surface area contributed by atoms with Crippen LogP contribution in [0, 0.1) is 5.92 Å². The van der Waals surface area contributed by atoms with Gasteiger partial charge in [0, 0.05) is 25.7 Å². The van der Waals surface area contributed by atoms with Gasteiger partial charge < -0.3 is 20.1 Å². The predicted molar refractivity (Wildman–Crippen MR) is 110 cm³/mol. The Balaban J connectivity index is 1.75. The van der Waals surface area contributed by atoms with E-state index in [9.17, 15) is 9.59 Å². The highest BCUT2D eigenvalue weighted by Gasteiger charge is 2.29. The molecule has 1 aromatic carbocycles.